The van der Waals surface area contributed by atoms with Crippen molar-refractivity contribution in [2.75, 3.05) is 58.3 Å². The van der Waals surface area contributed by atoms with Crippen LogP contribution in [0.1, 0.15) is 41.6 Å². The fraction of sp³-hybridized carbons (Fsp3) is 0.552. The summed E-state index contributed by atoms with van der Waals surface area (Å²) in [5.74, 6) is -0.654. The number of hydrogen-bond acceptors (Lipinski definition) is 7. The minimum absolute atomic E-state index is 0.0786. The molecular weight excluding hydrogens is 483 g/mol. The lowest BCUT2D eigenvalue weighted by atomic mass is 9.81. The number of nitrogens with zero attached hydrogens (tertiary/aromatic N) is 6. The third-order valence-corrected chi connectivity index (χ3v) is 9.14. The highest BCUT2D eigenvalue weighted by Crippen LogP contribution is 2.48. The maximum absolute atomic E-state index is 13.5. The lowest BCUT2D eigenvalue weighted by Crippen LogP contribution is -2.51. The van der Waals surface area contributed by atoms with Gasteiger partial charge in [-0.15, -0.1) is 0 Å². The van der Waals surface area contributed by atoms with Crippen molar-refractivity contribution >= 4 is 11.7 Å². The van der Waals surface area contributed by atoms with Crippen molar-refractivity contribution in [3.63, 3.8) is 0 Å². The van der Waals surface area contributed by atoms with E-state index in [0.717, 1.165) is 55.8 Å². The highest BCUT2D eigenvalue weighted by atomic mass is 19.1. The number of amides is 1. The molecule has 1 aromatic heterocycles. The molecule has 2 aromatic rings. The lowest BCUT2D eigenvalue weighted by molar-refractivity contribution is -0.128. The Bertz CT molecular complexity index is 1250. The molecule has 9 heteroatoms. The van der Waals surface area contributed by atoms with Gasteiger partial charge in [0.2, 0.25) is 0 Å². The minimum Gasteiger partial charge on any atom is -0.462 e. The van der Waals surface area contributed by atoms with Crippen molar-refractivity contribution in [3.8, 4) is 6.01 Å². The number of halogens is 1. The number of piperazine rings is 1. The van der Waals surface area contributed by atoms with E-state index < -0.39 is 11.7 Å². The summed E-state index contributed by atoms with van der Waals surface area (Å²) in [7, 11) is 4.35. The monoisotopic (exact) mass is 520 g/mol. The summed E-state index contributed by atoms with van der Waals surface area (Å²) in [5, 5.41) is 0. The lowest BCUT2D eigenvalue weighted by Gasteiger charge is -2.45. The first-order valence-electron chi connectivity index (χ1n) is 13.8. The smallest absolute Gasteiger partial charge is 0.318 e. The molecule has 0 bridgehead atoms. The van der Waals surface area contributed by atoms with Crippen LogP contribution in [-0.4, -0.2) is 90.0 Å². The van der Waals surface area contributed by atoms with Crippen LogP contribution in [0.3, 0.4) is 0 Å². The Hall–Kier alpha value is -3.04. The molecule has 2 atom stereocenters. The van der Waals surface area contributed by atoms with E-state index in [1.54, 1.807) is 0 Å². The van der Waals surface area contributed by atoms with E-state index in [0.29, 0.717) is 44.8 Å². The van der Waals surface area contributed by atoms with Crippen LogP contribution in [0.4, 0.5) is 10.2 Å². The third kappa shape index (κ3) is 4.35. The number of hydrogen-bond donors (Lipinski definition) is 0. The highest BCUT2D eigenvalue weighted by molar-refractivity contribution is 5.90. The van der Waals surface area contributed by atoms with Crippen molar-refractivity contribution in [3.05, 3.63) is 59.1 Å². The summed E-state index contributed by atoms with van der Waals surface area (Å²) in [5.41, 5.74) is 4.93. The molecule has 0 saturated carbocycles. The van der Waals surface area contributed by atoms with Crippen LogP contribution in [0.2, 0.25) is 0 Å². The second kappa shape index (κ2) is 9.93. The van der Waals surface area contributed by atoms with E-state index in [-0.39, 0.29) is 5.54 Å². The molecule has 1 unspecified atom stereocenters. The number of rotatable bonds is 5. The van der Waals surface area contributed by atoms with Crippen LogP contribution in [-0.2, 0) is 29.7 Å². The van der Waals surface area contributed by atoms with Gasteiger partial charge >= 0.3 is 6.01 Å². The quantitative estimate of drug-likeness (QED) is 0.562. The van der Waals surface area contributed by atoms with Gasteiger partial charge in [0.15, 0.2) is 5.83 Å². The topological polar surface area (TPSA) is 65.0 Å². The average Bonchev–Trinajstić information content (AvgIpc) is 3.51. The molecule has 1 amide bonds. The molecule has 1 spiro atoms. The zero-order chi connectivity index (χ0) is 26.4. The molecule has 38 heavy (non-hydrogen) atoms. The van der Waals surface area contributed by atoms with Crippen molar-refractivity contribution in [2.24, 2.45) is 0 Å². The predicted molar refractivity (Wildman–Crippen MR) is 144 cm³/mol. The molecule has 0 radical (unpaired) electrons. The molecule has 202 valence electrons. The Balaban J connectivity index is 1.32. The number of carbonyl (C=O) groups is 1. The second-order valence-corrected chi connectivity index (χ2v) is 11.2. The first-order chi connectivity index (χ1) is 18.4. The standard InChI is InChI=1S/C29H37FN6O2/c1-20(30)27(37)36-15-13-35(14-16-36)26-23-18-34(3)29(11-10-21-7-4-5-9-24(21)29)17-25(23)31-28(32-26)38-19-22-8-6-12-33(22)2/h4-5,7,9,22H,1,6,8,10-19H2,2-3H3/t22-,29?/m0/s1. The van der Waals surface area contributed by atoms with Gasteiger partial charge in [0.25, 0.3) is 5.91 Å². The van der Waals surface area contributed by atoms with Crippen LogP contribution in [0.25, 0.3) is 0 Å². The molecule has 3 aliphatic heterocycles. The number of benzene rings is 1. The van der Waals surface area contributed by atoms with Crippen LogP contribution in [0.5, 0.6) is 6.01 Å². The van der Waals surface area contributed by atoms with E-state index in [9.17, 15) is 9.18 Å². The Labute approximate surface area is 224 Å². The Kier molecular flexibility index (Phi) is 6.60. The van der Waals surface area contributed by atoms with Crippen molar-refractivity contribution in [1.29, 1.82) is 0 Å². The normalized spacial score (nSPS) is 25.5. The number of fused-ring (bicyclic) bond motifs is 3. The van der Waals surface area contributed by atoms with Gasteiger partial charge in [-0.05, 0) is 57.5 Å². The van der Waals surface area contributed by atoms with Gasteiger partial charge in [0.1, 0.15) is 12.4 Å². The zero-order valence-corrected chi connectivity index (χ0v) is 22.5. The van der Waals surface area contributed by atoms with Crippen LogP contribution in [0.15, 0.2) is 36.7 Å². The molecule has 8 nitrogen and oxygen atoms in total. The molecule has 4 heterocycles. The first-order valence-corrected chi connectivity index (χ1v) is 13.8. The molecule has 0 N–H and O–H groups in total. The number of anilines is 1. The van der Waals surface area contributed by atoms with Gasteiger partial charge < -0.3 is 19.4 Å². The zero-order valence-electron chi connectivity index (χ0n) is 22.5. The average molecular weight is 521 g/mol. The summed E-state index contributed by atoms with van der Waals surface area (Å²) in [6, 6.07) is 9.59. The maximum atomic E-state index is 13.5. The van der Waals surface area contributed by atoms with Crippen molar-refractivity contribution < 1.29 is 13.9 Å². The SMILES string of the molecule is C=C(F)C(=O)N1CCN(c2nc(OC[C@@H]3CCCN3C)nc3c2CN(C)C2(CCc4ccccc42)C3)CC1. The predicted octanol–water partition coefficient (Wildman–Crippen LogP) is 2.91. The highest BCUT2D eigenvalue weighted by Gasteiger charge is 2.46. The summed E-state index contributed by atoms with van der Waals surface area (Å²) in [4.78, 5) is 30.6. The van der Waals surface area contributed by atoms with Gasteiger partial charge in [-0.3, -0.25) is 9.69 Å². The summed E-state index contributed by atoms with van der Waals surface area (Å²) >= 11 is 0. The molecular formula is C29H37FN6O2. The van der Waals surface area contributed by atoms with Gasteiger partial charge in [-0.1, -0.05) is 30.8 Å². The number of aryl methyl sites for hydroxylation is 1. The Morgan fingerprint density at radius 2 is 1.95 bits per heavy atom. The number of aromatic nitrogens is 2. The van der Waals surface area contributed by atoms with E-state index in [1.165, 1.54) is 22.4 Å². The summed E-state index contributed by atoms with van der Waals surface area (Å²) in [6.45, 7) is 7.58. The molecule has 2 fully saturated rings. The van der Waals surface area contributed by atoms with Crippen molar-refractivity contribution in [2.45, 2.75) is 50.2 Å². The van der Waals surface area contributed by atoms with E-state index in [4.69, 9.17) is 14.7 Å². The van der Waals surface area contributed by atoms with Crippen LogP contribution >= 0.6 is 0 Å². The molecule has 4 aliphatic rings. The van der Waals surface area contributed by atoms with E-state index >= 15 is 0 Å². The minimum atomic E-state index is -0.908. The summed E-state index contributed by atoms with van der Waals surface area (Å²) < 4.78 is 19.7. The van der Waals surface area contributed by atoms with Crippen LogP contribution in [0, 0.1) is 0 Å². The number of ether oxygens (including phenoxy) is 1. The largest absolute Gasteiger partial charge is 0.462 e. The Morgan fingerprint density at radius 1 is 1.16 bits per heavy atom. The first kappa shape index (κ1) is 25.2. The number of likely N-dealkylation sites (tertiary alicyclic amines) is 1. The fourth-order valence-corrected chi connectivity index (χ4v) is 6.83. The van der Waals surface area contributed by atoms with Gasteiger partial charge in [0, 0.05) is 50.7 Å². The Morgan fingerprint density at radius 3 is 2.68 bits per heavy atom. The van der Waals surface area contributed by atoms with Crippen LogP contribution < -0.4 is 9.64 Å². The molecule has 1 aliphatic carbocycles. The summed E-state index contributed by atoms with van der Waals surface area (Å²) in [6.07, 6.45) is 5.25. The molecule has 2 saturated heterocycles. The molecule has 6 rings (SSSR count). The van der Waals surface area contributed by atoms with E-state index in [1.807, 2.05) is 0 Å². The molecule has 1 aromatic carbocycles. The number of likely N-dealkylation sites (N-methyl/N-ethyl adjacent to an activating group) is 2. The van der Waals surface area contributed by atoms with Crippen molar-refractivity contribution in [1.82, 2.24) is 24.7 Å². The van der Waals surface area contributed by atoms with Gasteiger partial charge in [0.05, 0.1) is 11.2 Å². The second-order valence-electron chi connectivity index (χ2n) is 11.2. The fourth-order valence-electron chi connectivity index (χ4n) is 6.83. The van der Waals surface area contributed by atoms with E-state index in [2.05, 4.69) is 59.6 Å². The number of carbonyl (C=O) groups excluding carboxylic acids is 1. The third-order valence-electron chi connectivity index (χ3n) is 9.14. The maximum Gasteiger partial charge on any atom is 0.318 e. The van der Waals surface area contributed by atoms with Gasteiger partial charge in [-0.2, -0.15) is 9.97 Å². The van der Waals surface area contributed by atoms with Gasteiger partial charge in [-0.25, -0.2) is 4.39 Å².